The maximum Gasteiger partial charge on any atom is 0.164 e. The predicted molar refractivity (Wildman–Crippen MR) is 109 cm³/mol. The van der Waals surface area contributed by atoms with E-state index in [9.17, 15) is 4.79 Å². The van der Waals surface area contributed by atoms with Crippen LogP contribution in [-0.2, 0) is 15.1 Å². The Balaban J connectivity index is 1.78. The molecular formula is C25H20O2. The van der Waals surface area contributed by atoms with E-state index in [4.69, 9.17) is 4.74 Å². The second kappa shape index (κ2) is 7.46. The van der Waals surface area contributed by atoms with Crippen LogP contribution in [0.4, 0.5) is 0 Å². The van der Waals surface area contributed by atoms with Gasteiger partial charge in [0, 0.05) is 11.6 Å². The first kappa shape index (κ1) is 17.0. The van der Waals surface area contributed by atoms with Gasteiger partial charge in [0.15, 0.2) is 11.4 Å². The Morgan fingerprint density at radius 3 is 2.04 bits per heavy atom. The second-order valence-electron chi connectivity index (χ2n) is 6.62. The fourth-order valence-electron chi connectivity index (χ4n) is 3.33. The van der Waals surface area contributed by atoms with Gasteiger partial charge in [-0.1, -0.05) is 97.1 Å². The standard InChI is InChI=1S/C25H20O2/c26-23-18-24(21-12-6-2-7-13-21)27-25(19-23,22-14-8-3-9-15-22)17-16-20-10-4-1-5-11-20/h1-18H,19H2/b17-16+. The molecular weight excluding hydrogens is 332 g/mol. The molecule has 1 aliphatic heterocycles. The van der Waals surface area contributed by atoms with Crippen molar-refractivity contribution in [3.8, 4) is 0 Å². The summed E-state index contributed by atoms with van der Waals surface area (Å²) in [6.07, 6.45) is 5.91. The quantitative estimate of drug-likeness (QED) is 0.609. The summed E-state index contributed by atoms with van der Waals surface area (Å²) in [4.78, 5) is 12.7. The number of hydrogen-bond donors (Lipinski definition) is 0. The third-order valence-electron chi connectivity index (χ3n) is 4.69. The van der Waals surface area contributed by atoms with Gasteiger partial charge >= 0.3 is 0 Å². The zero-order valence-electron chi connectivity index (χ0n) is 14.9. The van der Waals surface area contributed by atoms with Gasteiger partial charge in [0.2, 0.25) is 0 Å². The molecule has 1 aliphatic rings. The average Bonchev–Trinajstić information content (AvgIpc) is 2.74. The van der Waals surface area contributed by atoms with Gasteiger partial charge in [0.1, 0.15) is 5.76 Å². The van der Waals surface area contributed by atoms with Gasteiger partial charge in [-0.05, 0) is 17.2 Å². The highest BCUT2D eigenvalue weighted by Crippen LogP contribution is 2.40. The minimum absolute atomic E-state index is 0.0571. The lowest BCUT2D eigenvalue weighted by Gasteiger charge is -2.35. The largest absolute Gasteiger partial charge is 0.477 e. The fraction of sp³-hybridized carbons (Fsp3) is 0.0800. The van der Waals surface area contributed by atoms with Crippen LogP contribution in [-0.4, -0.2) is 5.78 Å². The lowest BCUT2D eigenvalue weighted by atomic mass is 9.85. The summed E-state index contributed by atoms with van der Waals surface area (Å²) in [5.41, 5.74) is 2.11. The summed E-state index contributed by atoms with van der Waals surface area (Å²) in [6, 6.07) is 29.8. The predicted octanol–water partition coefficient (Wildman–Crippen LogP) is 5.63. The summed E-state index contributed by atoms with van der Waals surface area (Å²) in [7, 11) is 0. The summed E-state index contributed by atoms with van der Waals surface area (Å²) in [5, 5.41) is 0. The number of benzene rings is 3. The van der Waals surface area contributed by atoms with Crippen LogP contribution in [0.1, 0.15) is 23.1 Å². The molecule has 0 spiro atoms. The molecule has 132 valence electrons. The van der Waals surface area contributed by atoms with Crippen LogP contribution in [0.15, 0.2) is 103 Å². The van der Waals surface area contributed by atoms with E-state index in [2.05, 4.69) is 0 Å². The molecule has 1 atom stereocenters. The Morgan fingerprint density at radius 1 is 0.778 bits per heavy atom. The van der Waals surface area contributed by atoms with E-state index >= 15 is 0 Å². The molecule has 0 fully saturated rings. The van der Waals surface area contributed by atoms with E-state index in [1.165, 1.54) is 0 Å². The molecule has 0 saturated heterocycles. The van der Waals surface area contributed by atoms with Crippen molar-refractivity contribution in [1.82, 2.24) is 0 Å². The Kier molecular flexibility index (Phi) is 4.71. The van der Waals surface area contributed by atoms with E-state index in [1.54, 1.807) is 6.08 Å². The van der Waals surface area contributed by atoms with E-state index in [1.807, 2.05) is 103 Å². The summed E-state index contributed by atoms with van der Waals surface area (Å²) in [5.74, 6) is 0.662. The van der Waals surface area contributed by atoms with Crippen LogP contribution in [0.2, 0.25) is 0 Å². The first-order valence-corrected chi connectivity index (χ1v) is 9.04. The Bertz CT molecular complexity index is 973. The van der Waals surface area contributed by atoms with Crippen molar-refractivity contribution < 1.29 is 9.53 Å². The van der Waals surface area contributed by atoms with Crippen molar-refractivity contribution >= 4 is 17.6 Å². The third kappa shape index (κ3) is 3.75. The van der Waals surface area contributed by atoms with Crippen LogP contribution in [0.25, 0.3) is 11.8 Å². The topological polar surface area (TPSA) is 26.3 Å². The minimum Gasteiger partial charge on any atom is -0.477 e. The molecule has 27 heavy (non-hydrogen) atoms. The van der Waals surface area contributed by atoms with E-state index in [-0.39, 0.29) is 12.2 Å². The zero-order valence-corrected chi connectivity index (χ0v) is 14.9. The lowest BCUT2D eigenvalue weighted by molar-refractivity contribution is -0.119. The van der Waals surface area contributed by atoms with Gasteiger partial charge in [0.05, 0.1) is 6.42 Å². The van der Waals surface area contributed by atoms with E-state index < -0.39 is 5.60 Å². The third-order valence-corrected chi connectivity index (χ3v) is 4.69. The molecule has 0 bridgehead atoms. The van der Waals surface area contributed by atoms with Crippen molar-refractivity contribution in [2.24, 2.45) is 0 Å². The molecule has 0 saturated carbocycles. The van der Waals surface area contributed by atoms with Crippen molar-refractivity contribution in [3.05, 3.63) is 120 Å². The van der Waals surface area contributed by atoms with Crippen LogP contribution < -0.4 is 0 Å². The van der Waals surface area contributed by atoms with Crippen LogP contribution >= 0.6 is 0 Å². The SMILES string of the molecule is O=C1C=C(c2ccccc2)OC(/C=C/c2ccccc2)(c2ccccc2)C1. The molecule has 3 aromatic rings. The van der Waals surface area contributed by atoms with Crippen molar-refractivity contribution in [3.63, 3.8) is 0 Å². The van der Waals surface area contributed by atoms with Crippen molar-refractivity contribution in [2.45, 2.75) is 12.0 Å². The summed E-state index contributed by atoms with van der Waals surface area (Å²) in [6.45, 7) is 0. The van der Waals surface area contributed by atoms with E-state index in [0.717, 1.165) is 16.7 Å². The number of carbonyl (C=O) groups is 1. The number of hydrogen-bond acceptors (Lipinski definition) is 2. The molecule has 2 nitrogen and oxygen atoms in total. The highest BCUT2D eigenvalue weighted by molar-refractivity contribution is 5.98. The second-order valence-corrected chi connectivity index (χ2v) is 6.62. The molecule has 0 radical (unpaired) electrons. The van der Waals surface area contributed by atoms with Gasteiger partial charge < -0.3 is 4.74 Å². The van der Waals surface area contributed by atoms with Crippen molar-refractivity contribution in [1.29, 1.82) is 0 Å². The molecule has 2 heteroatoms. The number of ether oxygens (including phenoxy) is 1. The first-order chi connectivity index (χ1) is 13.3. The highest BCUT2D eigenvalue weighted by atomic mass is 16.5. The fourth-order valence-corrected chi connectivity index (χ4v) is 3.33. The number of carbonyl (C=O) groups excluding carboxylic acids is 1. The number of rotatable bonds is 4. The molecule has 0 aromatic heterocycles. The monoisotopic (exact) mass is 352 g/mol. The Labute approximate surface area is 159 Å². The van der Waals surface area contributed by atoms with Gasteiger partial charge in [0.25, 0.3) is 0 Å². The molecule has 4 rings (SSSR count). The van der Waals surface area contributed by atoms with Gasteiger partial charge in [-0.25, -0.2) is 0 Å². The zero-order chi connectivity index (χ0) is 18.5. The molecule has 0 amide bonds. The van der Waals surface area contributed by atoms with Crippen LogP contribution in [0.3, 0.4) is 0 Å². The summed E-state index contributed by atoms with van der Waals surface area (Å²) < 4.78 is 6.49. The van der Waals surface area contributed by atoms with Gasteiger partial charge in [-0.3, -0.25) is 4.79 Å². The Hall–Kier alpha value is -3.39. The lowest BCUT2D eigenvalue weighted by Crippen LogP contribution is -2.33. The maximum absolute atomic E-state index is 12.7. The molecule has 0 aliphatic carbocycles. The number of ketones is 1. The first-order valence-electron chi connectivity index (χ1n) is 9.04. The van der Waals surface area contributed by atoms with Gasteiger partial charge in [-0.2, -0.15) is 0 Å². The molecule has 3 aromatic carbocycles. The number of allylic oxidation sites excluding steroid dienone is 1. The highest BCUT2D eigenvalue weighted by Gasteiger charge is 2.38. The molecule has 1 heterocycles. The average molecular weight is 352 g/mol. The minimum atomic E-state index is -0.825. The normalized spacial score (nSPS) is 19.6. The summed E-state index contributed by atoms with van der Waals surface area (Å²) >= 11 is 0. The van der Waals surface area contributed by atoms with Crippen LogP contribution in [0, 0.1) is 0 Å². The maximum atomic E-state index is 12.7. The van der Waals surface area contributed by atoms with Crippen molar-refractivity contribution in [2.75, 3.05) is 0 Å². The van der Waals surface area contributed by atoms with Crippen LogP contribution in [0.5, 0.6) is 0 Å². The van der Waals surface area contributed by atoms with E-state index in [0.29, 0.717) is 5.76 Å². The molecule has 0 N–H and O–H groups in total. The molecule has 1 unspecified atom stereocenters. The Morgan fingerprint density at radius 2 is 1.37 bits per heavy atom. The smallest absolute Gasteiger partial charge is 0.164 e. The van der Waals surface area contributed by atoms with Gasteiger partial charge in [-0.15, -0.1) is 0 Å².